The largest absolute Gasteiger partial charge is 0.395 e. The minimum Gasteiger partial charge on any atom is -0.395 e. The molecule has 2 aromatic rings. The monoisotopic (exact) mass is 215 g/mol. The second-order valence-corrected chi connectivity index (χ2v) is 5.07. The summed E-state index contributed by atoms with van der Waals surface area (Å²) in [6, 6.07) is 6.54. The Balaban J connectivity index is 2.19. The summed E-state index contributed by atoms with van der Waals surface area (Å²) < 4.78 is 0. The van der Waals surface area contributed by atoms with E-state index in [1.165, 1.54) is 27.7 Å². The second kappa shape index (κ2) is 3.11. The van der Waals surface area contributed by atoms with Crippen LogP contribution in [0.1, 0.15) is 29.7 Å². The third-order valence-corrected chi connectivity index (χ3v) is 4.08. The van der Waals surface area contributed by atoms with E-state index in [1.807, 2.05) is 0 Å². The number of nitrogens with one attached hydrogen (secondary N) is 1. The fraction of sp³-hybridized carbons (Fsp3) is 0.429. The highest BCUT2D eigenvalue weighted by molar-refractivity contribution is 5.85. The van der Waals surface area contributed by atoms with Gasteiger partial charge in [0.15, 0.2) is 0 Å². The van der Waals surface area contributed by atoms with Crippen LogP contribution < -0.4 is 0 Å². The van der Waals surface area contributed by atoms with Crippen molar-refractivity contribution in [3.63, 3.8) is 0 Å². The first-order valence-electron chi connectivity index (χ1n) is 5.86. The summed E-state index contributed by atoms with van der Waals surface area (Å²) in [6.45, 7) is 4.53. The summed E-state index contributed by atoms with van der Waals surface area (Å²) >= 11 is 0. The molecule has 1 aliphatic rings. The lowest BCUT2D eigenvalue weighted by atomic mass is 9.95. The SMILES string of the molecule is Cc1[nH]c2ccc(C3(CO)CC3)cc2c1C. The molecular formula is C14H17NO. The Hall–Kier alpha value is -1.28. The first-order valence-corrected chi connectivity index (χ1v) is 5.86. The molecule has 0 unspecified atom stereocenters. The number of hydrogen-bond acceptors (Lipinski definition) is 1. The number of hydrogen-bond donors (Lipinski definition) is 2. The Morgan fingerprint density at radius 3 is 2.69 bits per heavy atom. The molecule has 1 saturated carbocycles. The van der Waals surface area contributed by atoms with Gasteiger partial charge in [0, 0.05) is 22.0 Å². The molecule has 3 rings (SSSR count). The van der Waals surface area contributed by atoms with Crippen molar-refractivity contribution >= 4 is 10.9 Å². The van der Waals surface area contributed by atoms with Crippen molar-refractivity contribution in [2.24, 2.45) is 0 Å². The van der Waals surface area contributed by atoms with Gasteiger partial charge in [-0.1, -0.05) is 6.07 Å². The molecular weight excluding hydrogens is 198 g/mol. The molecule has 1 aromatic heterocycles. The van der Waals surface area contributed by atoms with Crippen LogP contribution in [0.4, 0.5) is 0 Å². The van der Waals surface area contributed by atoms with E-state index in [-0.39, 0.29) is 12.0 Å². The highest BCUT2D eigenvalue weighted by atomic mass is 16.3. The van der Waals surface area contributed by atoms with E-state index < -0.39 is 0 Å². The van der Waals surface area contributed by atoms with E-state index >= 15 is 0 Å². The zero-order valence-corrected chi connectivity index (χ0v) is 9.80. The molecule has 0 aliphatic heterocycles. The molecule has 2 N–H and O–H groups in total. The molecule has 0 atom stereocenters. The fourth-order valence-electron chi connectivity index (χ4n) is 2.48. The smallest absolute Gasteiger partial charge is 0.0527 e. The summed E-state index contributed by atoms with van der Waals surface area (Å²) in [4.78, 5) is 3.38. The minimum atomic E-state index is 0.0752. The maximum atomic E-state index is 9.45. The molecule has 1 aromatic carbocycles. The molecule has 16 heavy (non-hydrogen) atoms. The number of aliphatic hydroxyl groups is 1. The molecule has 1 fully saturated rings. The van der Waals surface area contributed by atoms with Crippen LogP contribution in [0.15, 0.2) is 18.2 Å². The Morgan fingerprint density at radius 2 is 2.06 bits per heavy atom. The molecule has 2 heteroatoms. The summed E-state index contributed by atoms with van der Waals surface area (Å²) in [6.07, 6.45) is 2.24. The predicted octanol–water partition coefficient (Wildman–Crippen LogP) is 2.81. The molecule has 84 valence electrons. The van der Waals surface area contributed by atoms with Gasteiger partial charge in [0.2, 0.25) is 0 Å². The van der Waals surface area contributed by atoms with E-state index in [1.54, 1.807) is 0 Å². The number of benzene rings is 1. The zero-order valence-electron chi connectivity index (χ0n) is 9.80. The molecule has 0 radical (unpaired) electrons. The van der Waals surface area contributed by atoms with Gasteiger partial charge in [0.1, 0.15) is 0 Å². The second-order valence-electron chi connectivity index (χ2n) is 5.07. The molecule has 0 bridgehead atoms. The highest BCUT2D eigenvalue weighted by Crippen LogP contribution is 2.48. The van der Waals surface area contributed by atoms with Crippen molar-refractivity contribution in [3.05, 3.63) is 35.0 Å². The molecule has 0 saturated heterocycles. The maximum absolute atomic E-state index is 9.45. The van der Waals surface area contributed by atoms with Gasteiger partial charge in [-0.25, -0.2) is 0 Å². The van der Waals surface area contributed by atoms with Crippen LogP contribution in [0.25, 0.3) is 10.9 Å². The van der Waals surface area contributed by atoms with Gasteiger partial charge in [-0.15, -0.1) is 0 Å². The molecule has 2 nitrogen and oxygen atoms in total. The van der Waals surface area contributed by atoms with Crippen molar-refractivity contribution in [1.82, 2.24) is 4.98 Å². The minimum absolute atomic E-state index is 0.0752. The lowest BCUT2D eigenvalue weighted by molar-refractivity contribution is 0.255. The average Bonchev–Trinajstić information content (AvgIpc) is 3.04. The average molecular weight is 215 g/mol. The van der Waals surface area contributed by atoms with Gasteiger partial charge in [-0.3, -0.25) is 0 Å². The van der Waals surface area contributed by atoms with E-state index in [0.717, 1.165) is 12.8 Å². The van der Waals surface area contributed by atoms with Gasteiger partial charge in [0.25, 0.3) is 0 Å². The van der Waals surface area contributed by atoms with Gasteiger partial charge in [-0.05, 0) is 49.9 Å². The first-order chi connectivity index (χ1) is 7.66. The van der Waals surface area contributed by atoms with Gasteiger partial charge in [0.05, 0.1) is 6.61 Å². The summed E-state index contributed by atoms with van der Waals surface area (Å²) in [5.74, 6) is 0. The quantitative estimate of drug-likeness (QED) is 0.794. The first kappa shape index (κ1) is 9.91. The summed E-state index contributed by atoms with van der Waals surface area (Å²) in [5.41, 5.74) is 5.13. The lowest BCUT2D eigenvalue weighted by Crippen LogP contribution is -2.11. The Bertz CT molecular complexity index is 549. The van der Waals surface area contributed by atoms with Crippen LogP contribution in [0.5, 0.6) is 0 Å². The fourth-order valence-corrected chi connectivity index (χ4v) is 2.48. The number of rotatable bonds is 2. The van der Waals surface area contributed by atoms with E-state index in [9.17, 15) is 5.11 Å². The molecule has 0 amide bonds. The summed E-state index contributed by atoms with van der Waals surface area (Å²) in [5, 5.41) is 10.7. The summed E-state index contributed by atoms with van der Waals surface area (Å²) in [7, 11) is 0. The number of H-pyrrole nitrogens is 1. The van der Waals surface area contributed by atoms with E-state index in [2.05, 4.69) is 37.0 Å². The van der Waals surface area contributed by atoms with Crippen molar-refractivity contribution in [1.29, 1.82) is 0 Å². The Morgan fingerprint density at radius 1 is 1.31 bits per heavy atom. The van der Waals surface area contributed by atoms with Gasteiger partial charge < -0.3 is 10.1 Å². The maximum Gasteiger partial charge on any atom is 0.0527 e. The number of fused-ring (bicyclic) bond motifs is 1. The van der Waals surface area contributed by atoms with Crippen molar-refractivity contribution in [2.75, 3.05) is 6.61 Å². The molecule has 0 spiro atoms. The highest BCUT2D eigenvalue weighted by Gasteiger charge is 2.43. The van der Waals surface area contributed by atoms with Gasteiger partial charge in [-0.2, -0.15) is 0 Å². The van der Waals surface area contributed by atoms with Crippen molar-refractivity contribution in [3.8, 4) is 0 Å². The topological polar surface area (TPSA) is 36.0 Å². The van der Waals surface area contributed by atoms with Crippen LogP contribution in [0.2, 0.25) is 0 Å². The predicted molar refractivity (Wildman–Crippen MR) is 65.8 cm³/mol. The third kappa shape index (κ3) is 1.23. The van der Waals surface area contributed by atoms with Crippen LogP contribution in [-0.4, -0.2) is 16.7 Å². The Kier molecular flexibility index (Phi) is 1.93. The van der Waals surface area contributed by atoms with Crippen LogP contribution >= 0.6 is 0 Å². The Labute approximate surface area is 95.3 Å². The third-order valence-electron chi connectivity index (χ3n) is 4.08. The standard InChI is InChI=1S/C14H17NO/c1-9-10(2)15-13-4-3-11(7-12(9)13)14(8-16)5-6-14/h3-4,7,15-16H,5-6,8H2,1-2H3. The van der Waals surface area contributed by atoms with Crippen LogP contribution in [-0.2, 0) is 5.41 Å². The normalized spacial score (nSPS) is 17.9. The zero-order chi connectivity index (χ0) is 11.3. The van der Waals surface area contributed by atoms with E-state index in [4.69, 9.17) is 0 Å². The number of aromatic amines is 1. The molecule has 1 aliphatic carbocycles. The van der Waals surface area contributed by atoms with Crippen LogP contribution in [0, 0.1) is 13.8 Å². The number of aromatic nitrogens is 1. The van der Waals surface area contributed by atoms with Crippen LogP contribution in [0.3, 0.4) is 0 Å². The van der Waals surface area contributed by atoms with Crippen molar-refractivity contribution in [2.45, 2.75) is 32.1 Å². The van der Waals surface area contributed by atoms with E-state index in [0.29, 0.717) is 0 Å². The molecule has 1 heterocycles. The van der Waals surface area contributed by atoms with Crippen molar-refractivity contribution < 1.29 is 5.11 Å². The van der Waals surface area contributed by atoms with Gasteiger partial charge >= 0.3 is 0 Å². The number of aliphatic hydroxyl groups excluding tert-OH is 1. The number of aryl methyl sites for hydroxylation is 2. The lowest BCUT2D eigenvalue weighted by Gasteiger charge is -2.12.